The smallest absolute Gasteiger partial charge is 0.305 e. The molecule has 3 nitrogen and oxygen atoms in total. The molecule has 0 heterocycles. The molecule has 0 bridgehead atoms. The maximum atomic E-state index is 12.1. The van der Waals surface area contributed by atoms with Crippen LogP contribution in [0.2, 0.25) is 0 Å². The summed E-state index contributed by atoms with van der Waals surface area (Å²) in [4.78, 5) is 0. The van der Waals surface area contributed by atoms with Gasteiger partial charge >= 0.3 is 7.60 Å². The molecule has 0 saturated heterocycles. The molecule has 0 aliphatic carbocycles. The van der Waals surface area contributed by atoms with Crippen LogP contribution in [0.5, 0.6) is 0 Å². The fourth-order valence-corrected chi connectivity index (χ4v) is 2.31. The molecule has 0 spiro atoms. The summed E-state index contributed by atoms with van der Waals surface area (Å²) in [5, 5.41) is 0.257. The predicted octanol–water partition coefficient (Wildman–Crippen LogP) is 3.96. The van der Waals surface area contributed by atoms with Crippen LogP contribution in [-0.4, -0.2) is 13.2 Å². The first-order chi connectivity index (χ1) is 7.60. The maximum absolute atomic E-state index is 12.1. The zero-order chi connectivity index (χ0) is 12.4. The largest absolute Gasteiger partial charge is 0.369 e. The highest BCUT2D eigenvalue weighted by molar-refractivity contribution is 7.58. The Morgan fingerprint density at radius 3 is 2.25 bits per heavy atom. The van der Waals surface area contributed by atoms with E-state index in [2.05, 4.69) is 25.3 Å². The van der Waals surface area contributed by atoms with Crippen LogP contribution in [0.25, 0.3) is 0 Å². The molecule has 0 saturated carbocycles. The molecule has 0 amide bonds. The van der Waals surface area contributed by atoms with Crippen molar-refractivity contribution in [2.45, 2.75) is 40.0 Å². The Bertz CT molecular complexity index is 302. The average molecular weight is 244 g/mol. The molecule has 0 aromatic heterocycles. The van der Waals surface area contributed by atoms with E-state index in [1.807, 2.05) is 0 Å². The summed E-state index contributed by atoms with van der Waals surface area (Å²) in [5.74, 6) is 5.70. The molecule has 92 valence electrons. The van der Waals surface area contributed by atoms with Crippen molar-refractivity contribution >= 4 is 7.60 Å². The van der Waals surface area contributed by atoms with Crippen LogP contribution in [0.1, 0.15) is 40.0 Å². The predicted molar refractivity (Wildman–Crippen MR) is 67.3 cm³/mol. The van der Waals surface area contributed by atoms with Gasteiger partial charge in [0.25, 0.3) is 0 Å². The van der Waals surface area contributed by atoms with E-state index < -0.39 is 7.60 Å². The Kier molecular flexibility index (Phi) is 8.29. The van der Waals surface area contributed by atoms with Crippen LogP contribution < -0.4 is 0 Å². The summed E-state index contributed by atoms with van der Waals surface area (Å²) in [5.41, 5.74) is 0. The van der Waals surface area contributed by atoms with E-state index >= 15 is 0 Å². The minimum atomic E-state index is -3.23. The van der Waals surface area contributed by atoms with Crippen LogP contribution in [0.4, 0.5) is 0 Å². The van der Waals surface area contributed by atoms with Crippen LogP contribution >= 0.6 is 7.60 Å². The van der Waals surface area contributed by atoms with Crippen molar-refractivity contribution in [2.75, 3.05) is 13.2 Å². The molecular formula is C12H21O3P. The first kappa shape index (κ1) is 15.4. The van der Waals surface area contributed by atoms with Crippen molar-refractivity contribution in [2.24, 2.45) is 0 Å². The maximum Gasteiger partial charge on any atom is 0.369 e. The van der Waals surface area contributed by atoms with Crippen molar-refractivity contribution in [3.05, 3.63) is 11.9 Å². The molecule has 0 aliphatic heterocycles. The zero-order valence-electron chi connectivity index (χ0n) is 10.4. The summed E-state index contributed by atoms with van der Waals surface area (Å²) in [6, 6.07) is 0. The molecule has 0 rings (SSSR count). The van der Waals surface area contributed by atoms with Crippen LogP contribution in [0, 0.1) is 11.8 Å². The van der Waals surface area contributed by atoms with Gasteiger partial charge < -0.3 is 9.05 Å². The Morgan fingerprint density at radius 1 is 1.25 bits per heavy atom. The normalized spacial score (nSPS) is 10.7. The van der Waals surface area contributed by atoms with Gasteiger partial charge in [-0.15, -0.1) is 0 Å². The Morgan fingerprint density at radius 2 is 1.81 bits per heavy atom. The SMILES string of the molecule is C=C(C#CCCCC)P(=O)(OCC)OCC. The number of unbranched alkanes of at least 4 members (excludes halogenated alkanes) is 2. The third-order valence-electron chi connectivity index (χ3n) is 1.82. The van der Waals surface area contributed by atoms with Crippen LogP contribution in [0.3, 0.4) is 0 Å². The van der Waals surface area contributed by atoms with E-state index in [4.69, 9.17) is 9.05 Å². The Balaban J connectivity index is 4.48. The number of hydrogen-bond acceptors (Lipinski definition) is 3. The van der Waals surface area contributed by atoms with Gasteiger partial charge in [-0.3, -0.25) is 4.57 Å². The molecule has 0 aliphatic rings. The molecule has 0 fully saturated rings. The van der Waals surface area contributed by atoms with Gasteiger partial charge in [-0.25, -0.2) is 0 Å². The van der Waals surface area contributed by atoms with Gasteiger partial charge in [0.2, 0.25) is 0 Å². The highest BCUT2D eigenvalue weighted by Gasteiger charge is 2.26. The lowest BCUT2D eigenvalue weighted by Crippen LogP contribution is -1.96. The second-order valence-corrected chi connectivity index (χ2v) is 5.24. The quantitative estimate of drug-likeness (QED) is 0.386. The van der Waals surface area contributed by atoms with E-state index in [1.54, 1.807) is 13.8 Å². The monoisotopic (exact) mass is 244 g/mol. The fraction of sp³-hybridized carbons (Fsp3) is 0.667. The van der Waals surface area contributed by atoms with E-state index in [0.29, 0.717) is 13.2 Å². The molecule has 16 heavy (non-hydrogen) atoms. The molecule has 0 N–H and O–H groups in total. The molecule has 0 unspecified atom stereocenters. The Labute approximate surface area is 98.8 Å². The fourth-order valence-electron chi connectivity index (χ4n) is 1.03. The molecule has 0 radical (unpaired) electrons. The zero-order valence-corrected chi connectivity index (χ0v) is 11.3. The summed E-state index contributed by atoms with van der Waals surface area (Å²) in [6.07, 6.45) is 2.91. The summed E-state index contributed by atoms with van der Waals surface area (Å²) in [6.45, 7) is 9.96. The molecular weight excluding hydrogens is 223 g/mol. The van der Waals surface area contributed by atoms with Crippen molar-refractivity contribution in [1.29, 1.82) is 0 Å². The molecule has 0 aromatic rings. The Hall–Kier alpha value is -0.550. The second kappa shape index (κ2) is 8.58. The van der Waals surface area contributed by atoms with Crippen LogP contribution in [-0.2, 0) is 13.6 Å². The number of hydrogen-bond donors (Lipinski definition) is 0. The summed E-state index contributed by atoms with van der Waals surface area (Å²) in [7, 11) is -3.23. The standard InChI is InChI=1S/C12H21O3P/c1-5-8-9-10-11-12(4)16(13,14-6-2)15-7-3/h4-9H2,1-3H3. The van der Waals surface area contributed by atoms with Crippen molar-refractivity contribution in [3.8, 4) is 11.8 Å². The minimum Gasteiger partial charge on any atom is -0.305 e. The van der Waals surface area contributed by atoms with Gasteiger partial charge in [0.15, 0.2) is 0 Å². The van der Waals surface area contributed by atoms with E-state index in [0.717, 1.165) is 19.3 Å². The molecule has 4 heteroatoms. The lowest BCUT2D eigenvalue weighted by Gasteiger charge is -2.15. The van der Waals surface area contributed by atoms with Crippen molar-refractivity contribution < 1.29 is 13.6 Å². The topological polar surface area (TPSA) is 35.5 Å². The van der Waals surface area contributed by atoms with Gasteiger partial charge in [0.1, 0.15) is 5.31 Å². The van der Waals surface area contributed by atoms with E-state index in [9.17, 15) is 4.57 Å². The third-order valence-corrected chi connectivity index (χ3v) is 3.79. The van der Waals surface area contributed by atoms with Gasteiger partial charge in [-0.1, -0.05) is 31.8 Å². The highest BCUT2D eigenvalue weighted by atomic mass is 31.2. The molecule has 0 aromatic carbocycles. The third kappa shape index (κ3) is 5.51. The van der Waals surface area contributed by atoms with E-state index in [-0.39, 0.29) is 5.31 Å². The summed E-state index contributed by atoms with van der Waals surface area (Å²) < 4.78 is 22.4. The summed E-state index contributed by atoms with van der Waals surface area (Å²) >= 11 is 0. The van der Waals surface area contributed by atoms with Crippen molar-refractivity contribution in [3.63, 3.8) is 0 Å². The lowest BCUT2D eigenvalue weighted by molar-refractivity contribution is 0.227. The van der Waals surface area contributed by atoms with Gasteiger partial charge in [0.05, 0.1) is 13.2 Å². The average Bonchev–Trinajstić information content (AvgIpc) is 2.24. The molecule has 0 atom stereocenters. The second-order valence-electron chi connectivity index (χ2n) is 3.19. The minimum absolute atomic E-state index is 0.257. The number of allylic oxidation sites excluding steroid dienone is 1. The lowest BCUT2D eigenvalue weighted by atomic mass is 10.2. The van der Waals surface area contributed by atoms with E-state index in [1.165, 1.54) is 0 Å². The van der Waals surface area contributed by atoms with Crippen LogP contribution in [0.15, 0.2) is 11.9 Å². The van der Waals surface area contributed by atoms with Crippen molar-refractivity contribution in [1.82, 2.24) is 0 Å². The highest BCUT2D eigenvalue weighted by Crippen LogP contribution is 2.54. The van der Waals surface area contributed by atoms with Gasteiger partial charge in [-0.2, -0.15) is 0 Å². The van der Waals surface area contributed by atoms with Gasteiger partial charge in [-0.05, 0) is 20.3 Å². The first-order valence-corrected chi connectivity index (χ1v) is 7.22. The first-order valence-electron chi connectivity index (χ1n) is 5.68. The van der Waals surface area contributed by atoms with Gasteiger partial charge in [0, 0.05) is 6.42 Å². The number of rotatable bonds is 7.